The number of carboxylic acids is 2. The molecule has 5 rings (SSSR count). The summed E-state index contributed by atoms with van der Waals surface area (Å²) in [5.74, 6) is -3.45. The first-order valence-electron chi connectivity index (χ1n) is 10.5. The molecule has 0 saturated carbocycles. The summed E-state index contributed by atoms with van der Waals surface area (Å²) in [5.41, 5.74) is 1.35. The van der Waals surface area contributed by atoms with Gasteiger partial charge in [-0.15, -0.1) is 10.2 Å². The average Bonchev–Trinajstić information content (AvgIpc) is 3.46. The Kier molecular flexibility index (Phi) is 6.69. The molecule has 0 radical (unpaired) electrons. The zero-order chi connectivity index (χ0) is 27.1. The normalized spacial score (nSPS) is 11.0. The van der Waals surface area contributed by atoms with Gasteiger partial charge in [0.25, 0.3) is 0 Å². The number of phenols is 2. The van der Waals surface area contributed by atoms with Gasteiger partial charge >= 0.3 is 11.9 Å². The van der Waals surface area contributed by atoms with Crippen LogP contribution >= 0.6 is 45.2 Å². The van der Waals surface area contributed by atoms with Gasteiger partial charge in [0.2, 0.25) is 0 Å². The Morgan fingerprint density at radius 3 is 1.45 bits per heavy atom. The van der Waals surface area contributed by atoms with E-state index >= 15 is 0 Å². The van der Waals surface area contributed by atoms with E-state index in [0.29, 0.717) is 30.2 Å². The van der Waals surface area contributed by atoms with Gasteiger partial charge in [-0.25, -0.2) is 23.9 Å². The Morgan fingerprint density at radius 2 is 1.05 bits per heavy atom. The molecule has 3 heterocycles. The highest BCUT2D eigenvalue weighted by molar-refractivity contribution is 14.1. The van der Waals surface area contributed by atoms with E-state index in [-0.39, 0.29) is 22.5 Å². The molecular weight excluding hydrogens is 724 g/mol. The van der Waals surface area contributed by atoms with Crippen LogP contribution in [0.1, 0.15) is 20.7 Å². The van der Waals surface area contributed by atoms with Gasteiger partial charge in [0.05, 0.1) is 11.4 Å². The van der Waals surface area contributed by atoms with Crippen molar-refractivity contribution >= 4 is 57.1 Å². The quantitative estimate of drug-likeness (QED) is 0.187. The summed E-state index contributed by atoms with van der Waals surface area (Å²) in [6.07, 6.45) is 0. The molecule has 4 N–H and O–H groups in total. The number of aromatic carboxylic acids is 2. The van der Waals surface area contributed by atoms with E-state index in [9.17, 15) is 30.0 Å². The van der Waals surface area contributed by atoms with Gasteiger partial charge in [-0.3, -0.25) is 0 Å². The van der Waals surface area contributed by atoms with Crippen LogP contribution < -0.4 is 0 Å². The summed E-state index contributed by atoms with van der Waals surface area (Å²) in [5, 5.41) is 56.0. The smallest absolute Gasteiger partial charge is 0.339 e. The molecule has 3 aromatic heterocycles. The van der Waals surface area contributed by atoms with Crippen LogP contribution in [0.5, 0.6) is 11.5 Å². The summed E-state index contributed by atoms with van der Waals surface area (Å²) in [4.78, 5) is 27.4. The van der Waals surface area contributed by atoms with Crippen LogP contribution in [0.2, 0.25) is 0 Å². The van der Waals surface area contributed by atoms with Gasteiger partial charge in [0, 0.05) is 0 Å². The van der Waals surface area contributed by atoms with E-state index in [2.05, 4.69) is 25.6 Å². The largest absolute Gasteiger partial charge is 0.505 e. The first kappa shape index (κ1) is 25.5. The number of hydrogen-bond acceptors (Lipinski definition) is 9. The van der Waals surface area contributed by atoms with Crippen molar-refractivity contribution < 1.29 is 30.0 Å². The third-order valence-electron chi connectivity index (χ3n) is 5.41. The zero-order valence-electron chi connectivity index (χ0n) is 18.7. The Labute approximate surface area is 239 Å². The number of carboxylic acid groups (broad SMARTS) is 2. The number of hydrogen-bond donors (Lipinski definition) is 4. The van der Waals surface area contributed by atoms with Crippen molar-refractivity contribution in [1.82, 2.24) is 35.0 Å². The molecule has 0 bridgehead atoms. The monoisotopic (exact) mass is 737 g/mol. The fourth-order valence-corrected chi connectivity index (χ4v) is 5.09. The third-order valence-corrected chi connectivity index (χ3v) is 7.35. The third kappa shape index (κ3) is 4.32. The number of nitrogens with zero attached hydrogens (tertiary/aromatic N) is 7. The molecule has 2 aromatic carbocycles. The minimum Gasteiger partial charge on any atom is -0.505 e. The van der Waals surface area contributed by atoms with Crippen LogP contribution in [0, 0.1) is 7.40 Å². The highest BCUT2D eigenvalue weighted by atomic mass is 127. The minimum atomic E-state index is -1.28. The average molecular weight is 737 g/mol. The molecule has 0 aliphatic heterocycles. The SMILES string of the molecule is O=C(O)c1cccc(-n2nnc(-c3cccc(-c4nnn(-c5cccc(C(=O)O)c5O)c4I)n3)c2I)c1O. The molecule has 0 atom stereocenters. The molecule has 13 nitrogen and oxygen atoms in total. The van der Waals surface area contributed by atoms with Crippen molar-refractivity contribution in [3.05, 3.63) is 73.1 Å². The van der Waals surface area contributed by atoms with Crippen molar-refractivity contribution in [2.45, 2.75) is 0 Å². The summed E-state index contributed by atoms with van der Waals surface area (Å²) < 4.78 is 3.56. The predicted molar refractivity (Wildman–Crippen MR) is 148 cm³/mol. The van der Waals surface area contributed by atoms with Crippen molar-refractivity contribution in [2.75, 3.05) is 0 Å². The maximum atomic E-state index is 11.4. The molecule has 15 heteroatoms. The molecule has 38 heavy (non-hydrogen) atoms. The van der Waals surface area contributed by atoms with Crippen LogP contribution in [0.25, 0.3) is 34.2 Å². The Balaban J connectivity index is 1.54. The first-order valence-corrected chi connectivity index (χ1v) is 12.7. The van der Waals surface area contributed by atoms with Crippen molar-refractivity contribution in [1.29, 1.82) is 0 Å². The lowest BCUT2D eigenvalue weighted by Gasteiger charge is -2.08. The molecule has 0 saturated heterocycles. The lowest BCUT2D eigenvalue weighted by atomic mass is 10.1. The molecule has 5 aromatic rings. The molecule has 0 unspecified atom stereocenters. The van der Waals surface area contributed by atoms with Crippen LogP contribution in [0.15, 0.2) is 54.6 Å². The number of benzene rings is 2. The van der Waals surface area contributed by atoms with E-state index < -0.39 is 23.4 Å². The van der Waals surface area contributed by atoms with Gasteiger partial charge in [-0.05, 0) is 81.6 Å². The van der Waals surface area contributed by atoms with Crippen molar-refractivity contribution in [2.24, 2.45) is 0 Å². The van der Waals surface area contributed by atoms with Crippen LogP contribution in [-0.2, 0) is 0 Å². The van der Waals surface area contributed by atoms with Crippen LogP contribution in [0.3, 0.4) is 0 Å². The van der Waals surface area contributed by atoms with Gasteiger partial charge in [0.1, 0.15) is 41.3 Å². The van der Waals surface area contributed by atoms with E-state index in [0.717, 1.165) is 0 Å². The number of halogens is 2. The van der Waals surface area contributed by atoms with E-state index in [1.807, 2.05) is 45.2 Å². The molecule has 0 aliphatic carbocycles. The maximum Gasteiger partial charge on any atom is 0.339 e. The van der Waals surface area contributed by atoms with Gasteiger partial charge in [0.15, 0.2) is 11.5 Å². The van der Waals surface area contributed by atoms with E-state index in [1.165, 1.54) is 45.8 Å². The summed E-state index contributed by atoms with van der Waals surface area (Å²) in [6.45, 7) is 0. The Hall–Kier alpha value is -4.13. The number of carbonyl (C=O) groups is 2. The Bertz CT molecular complexity index is 1630. The lowest BCUT2D eigenvalue weighted by molar-refractivity contribution is 0.0682. The fourth-order valence-electron chi connectivity index (χ4n) is 3.61. The second-order valence-corrected chi connectivity index (χ2v) is 9.69. The Morgan fingerprint density at radius 1 is 0.658 bits per heavy atom. The second-order valence-electron chi connectivity index (χ2n) is 7.65. The summed E-state index contributed by atoms with van der Waals surface area (Å²) in [6, 6.07) is 13.7. The molecular formula is C23H13I2N7O6. The highest BCUT2D eigenvalue weighted by Crippen LogP contribution is 2.33. The van der Waals surface area contributed by atoms with Crippen molar-refractivity contribution in [3.63, 3.8) is 0 Å². The fraction of sp³-hybridized carbons (Fsp3) is 0. The van der Waals surface area contributed by atoms with E-state index in [4.69, 9.17) is 0 Å². The highest BCUT2D eigenvalue weighted by Gasteiger charge is 2.23. The van der Waals surface area contributed by atoms with Gasteiger partial charge in [-0.1, -0.05) is 28.6 Å². The minimum absolute atomic E-state index is 0.144. The van der Waals surface area contributed by atoms with Gasteiger partial charge < -0.3 is 20.4 Å². The standard InChI is InChI=1S/C23H13I2N7O6/c24-20-16(27-29-31(20)14-8-1-4-10(18(14)33)22(35)36)12-6-3-7-13(26-12)17-21(25)32(30-28-17)15-9-2-5-11(19(15)34)23(37)38/h1-9,33-34H,(H,35,36)(H,37,38). The predicted octanol–water partition coefficient (Wildman–Crippen LogP) is 3.59. The van der Waals surface area contributed by atoms with Crippen LogP contribution in [0.4, 0.5) is 0 Å². The van der Waals surface area contributed by atoms with Crippen molar-refractivity contribution in [3.8, 4) is 45.6 Å². The topological polar surface area (TPSA) is 189 Å². The second kappa shape index (κ2) is 9.97. The van der Waals surface area contributed by atoms with Crippen LogP contribution in [-0.4, -0.2) is 67.3 Å². The maximum absolute atomic E-state index is 11.4. The molecule has 0 amide bonds. The van der Waals surface area contributed by atoms with E-state index in [1.54, 1.807) is 18.2 Å². The number of aromatic nitrogens is 7. The summed E-state index contributed by atoms with van der Waals surface area (Å²) >= 11 is 3.95. The molecule has 190 valence electrons. The van der Waals surface area contributed by atoms with Gasteiger partial charge in [-0.2, -0.15) is 0 Å². The number of para-hydroxylation sites is 2. The number of pyridine rings is 1. The molecule has 0 aliphatic rings. The molecule has 0 fully saturated rings. The first-order chi connectivity index (χ1) is 18.2. The number of rotatable bonds is 6. The summed E-state index contributed by atoms with van der Waals surface area (Å²) in [7, 11) is 0. The lowest BCUT2D eigenvalue weighted by Crippen LogP contribution is -2.04. The zero-order valence-corrected chi connectivity index (χ0v) is 23.0. The number of aromatic hydroxyl groups is 2. The molecule has 0 spiro atoms.